The van der Waals surface area contributed by atoms with Gasteiger partial charge in [0, 0.05) is 0 Å². The zero-order chi connectivity index (χ0) is 22.5. The second-order valence-electron chi connectivity index (χ2n) is 8.83. The normalized spacial score (nSPS) is 19.7. The largest absolute Gasteiger partial charge is 0.490 e. The van der Waals surface area contributed by atoms with Crippen LogP contribution in [0, 0.1) is 0 Å². The Kier molecular flexibility index (Phi) is 7.69. The summed E-state index contributed by atoms with van der Waals surface area (Å²) in [6.45, 7) is 8.80. The number of allylic oxidation sites excluding steroid dienone is 2. The molecule has 2 aliphatic rings. The molecular weight excluding hydrogens is 509 g/mol. The molecule has 31 heavy (non-hydrogen) atoms. The first kappa shape index (κ1) is 23.7. The van der Waals surface area contributed by atoms with Crippen molar-refractivity contribution < 1.29 is 23.9 Å². The van der Waals surface area contributed by atoms with Crippen LogP contribution in [0.25, 0.3) is 0 Å². The monoisotopic (exact) mass is 539 g/mol. The van der Waals surface area contributed by atoms with Gasteiger partial charge in [0.25, 0.3) is 0 Å². The molecule has 0 radical (unpaired) electrons. The Morgan fingerprint density at radius 3 is 2.16 bits per heavy atom. The maximum atomic E-state index is 12.7. The van der Waals surface area contributed by atoms with Crippen LogP contribution in [0.4, 0.5) is 0 Å². The Morgan fingerprint density at radius 1 is 0.968 bits per heavy atom. The molecule has 1 fully saturated rings. The van der Waals surface area contributed by atoms with Crippen LogP contribution in [0.15, 0.2) is 46.3 Å². The number of rotatable bonds is 7. The summed E-state index contributed by atoms with van der Waals surface area (Å²) in [5, 5.41) is 1.82. The van der Waals surface area contributed by atoms with E-state index in [1.54, 1.807) is 24.3 Å². The molecule has 0 unspecified atom stereocenters. The van der Waals surface area contributed by atoms with Crippen molar-refractivity contribution in [3.05, 3.63) is 57.4 Å². The first-order valence-corrected chi connectivity index (χ1v) is 12.9. The van der Waals surface area contributed by atoms with Crippen LogP contribution in [0.2, 0.25) is 0 Å². The number of benzene rings is 1. The van der Waals surface area contributed by atoms with Crippen LogP contribution < -0.4 is 0 Å². The lowest BCUT2D eigenvalue weighted by molar-refractivity contribution is -0.240. The second-order valence-corrected chi connectivity index (χ2v) is 11.0. The molecule has 0 bridgehead atoms. The average molecular weight is 539 g/mol. The fourth-order valence-corrected chi connectivity index (χ4v) is 5.23. The van der Waals surface area contributed by atoms with E-state index in [0.29, 0.717) is 17.7 Å². The number of hydrogen-bond acceptors (Lipinski definition) is 6. The molecule has 1 saturated heterocycles. The maximum Gasteiger partial charge on any atom is 0.357 e. The highest BCUT2D eigenvalue weighted by molar-refractivity contribution is 14.2. The van der Waals surface area contributed by atoms with Crippen molar-refractivity contribution in [3.8, 4) is 0 Å². The van der Waals surface area contributed by atoms with Crippen LogP contribution in [0.3, 0.4) is 0 Å². The van der Waals surface area contributed by atoms with Crippen LogP contribution in [0.1, 0.15) is 67.7 Å². The number of carbonyl (C=O) groups excluding carboxylic acids is 2. The highest BCUT2D eigenvalue weighted by atomic mass is 127. The number of hydrogen-bond donors (Lipinski definition) is 0. The standard InChI is InChI=1S/C24H30INO5/c1-23(2)12-5-13-24(3,4)26(23)31-22(28)19-8-6-18(7-9-19)21(27)30-17-16-29-20-10-14-25-15-11-20/h6-11,14-15H,5,12-13,16-17H2,1-4H3. The molecule has 0 N–H and O–H groups in total. The molecule has 2 heterocycles. The van der Waals surface area contributed by atoms with E-state index in [2.05, 4.69) is 35.8 Å². The molecule has 168 valence electrons. The summed E-state index contributed by atoms with van der Waals surface area (Å²) >= 11 is 0.0203. The molecule has 3 rings (SSSR count). The van der Waals surface area contributed by atoms with E-state index in [9.17, 15) is 9.59 Å². The molecule has 1 aromatic rings. The summed E-state index contributed by atoms with van der Waals surface area (Å²) in [4.78, 5) is 30.7. The lowest BCUT2D eigenvalue weighted by Crippen LogP contribution is -2.58. The minimum absolute atomic E-state index is 0.0203. The Bertz CT molecular complexity index is 883. The molecule has 6 nitrogen and oxygen atoms in total. The number of piperidine rings is 1. The van der Waals surface area contributed by atoms with Gasteiger partial charge < -0.3 is 14.3 Å². The molecule has 0 amide bonds. The van der Waals surface area contributed by atoms with Crippen molar-refractivity contribution >= 4 is 36.7 Å². The smallest absolute Gasteiger partial charge is 0.357 e. The van der Waals surface area contributed by atoms with Gasteiger partial charge in [-0.3, -0.25) is 0 Å². The van der Waals surface area contributed by atoms with Crippen molar-refractivity contribution in [3.63, 3.8) is 0 Å². The van der Waals surface area contributed by atoms with Crippen LogP contribution in [-0.2, 0) is 14.3 Å². The van der Waals surface area contributed by atoms with E-state index < -0.39 is 11.9 Å². The van der Waals surface area contributed by atoms with Gasteiger partial charge in [0.05, 0.1) is 22.2 Å². The van der Waals surface area contributed by atoms with Gasteiger partial charge in [-0.25, -0.2) is 9.59 Å². The lowest BCUT2D eigenvalue weighted by atomic mass is 9.82. The predicted molar refractivity (Wildman–Crippen MR) is 129 cm³/mol. The topological polar surface area (TPSA) is 65.1 Å². The minimum atomic E-state index is -0.451. The third-order valence-electron chi connectivity index (χ3n) is 5.39. The van der Waals surface area contributed by atoms with Gasteiger partial charge in [-0.05, 0) is 91.5 Å². The summed E-state index contributed by atoms with van der Waals surface area (Å²) in [6, 6.07) is 6.35. The Labute approximate surface area is 193 Å². The lowest BCUT2D eigenvalue weighted by Gasteiger charge is -2.50. The highest BCUT2D eigenvalue weighted by Crippen LogP contribution is 2.38. The number of esters is 1. The van der Waals surface area contributed by atoms with E-state index in [0.717, 1.165) is 25.0 Å². The molecule has 2 aliphatic heterocycles. The van der Waals surface area contributed by atoms with Crippen LogP contribution in [0.5, 0.6) is 0 Å². The first-order chi connectivity index (χ1) is 14.7. The number of ether oxygens (including phenoxy) is 2. The molecular formula is C24H30INO5. The molecule has 0 saturated carbocycles. The van der Waals surface area contributed by atoms with Gasteiger partial charge >= 0.3 is 11.9 Å². The molecule has 0 spiro atoms. The number of nitrogens with zero attached hydrogens (tertiary/aromatic N) is 1. The molecule has 1 aromatic carbocycles. The van der Waals surface area contributed by atoms with E-state index >= 15 is 0 Å². The fourth-order valence-electron chi connectivity index (χ4n) is 3.87. The van der Waals surface area contributed by atoms with E-state index in [4.69, 9.17) is 14.3 Å². The van der Waals surface area contributed by atoms with Gasteiger partial charge in [0.2, 0.25) is 0 Å². The third kappa shape index (κ3) is 6.26. The van der Waals surface area contributed by atoms with Crippen LogP contribution in [-0.4, -0.2) is 45.3 Å². The summed E-state index contributed by atoms with van der Waals surface area (Å²) < 4.78 is 15.0. The molecule has 0 aliphatic carbocycles. The van der Waals surface area contributed by atoms with E-state index in [-0.39, 0.29) is 38.4 Å². The summed E-state index contributed by atoms with van der Waals surface area (Å²) in [5.74, 6) is -0.0956. The maximum absolute atomic E-state index is 12.7. The highest BCUT2D eigenvalue weighted by Gasteiger charge is 2.44. The van der Waals surface area contributed by atoms with E-state index in [1.807, 2.05) is 17.2 Å². The van der Waals surface area contributed by atoms with Gasteiger partial charge in [-0.2, -0.15) is 0 Å². The van der Waals surface area contributed by atoms with Gasteiger partial charge in [-0.15, -0.1) is 5.06 Å². The summed E-state index contributed by atoms with van der Waals surface area (Å²) in [6.07, 6.45) is 6.92. The van der Waals surface area contributed by atoms with Crippen molar-refractivity contribution in [1.29, 1.82) is 0 Å². The Balaban J connectivity index is 1.52. The predicted octanol–water partition coefficient (Wildman–Crippen LogP) is 5.16. The number of hydroxylamine groups is 2. The van der Waals surface area contributed by atoms with Crippen molar-refractivity contribution in [2.24, 2.45) is 0 Å². The zero-order valence-electron chi connectivity index (χ0n) is 18.5. The Hall–Kier alpha value is -2.00. The Morgan fingerprint density at radius 2 is 1.58 bits per heavy atom. The quantitative estimate of drug-likeness (QED) is 0.271. The molecule has 0 atom stereocenters. The number of halogens is 1. The molecule has 0 aromatic heterocycles. The average Bonchev–Trinajstić information content (AvgIpc) is 2.74. The second kappa shape index (κ2) is 10.1. The zero-order valence-corrected chi connectivity index (χ0v) is 20.7. The van der Waals surface area contributed by atoms with Crippen molar-refractivity contribution in [2.45, 2.75) is 58.0 Å². The van der Waals surface area contributed by atoms with Gasteiger partial charge in [0.15, 0.2) is 0 Å². The molecule has 7 heteroatoms. The third-order valence-corrected chi connectivity index (χ3v) is 6.94. The SMILES string of the molecule is CC1(C)CCCC(C)(C)N1OC(=O)c1ccc(C(=O)OCCOC2=CC=IC=C2)cc1. The van der Waals surface area contributed by atoms with Gasteiger partial charge in [0.1, 0.15) is 19.0 Å². The van der Waals surface area contributed by atoms with Crippen molar-refractivity contribution in [2.75, 3.05) is 13.2 Å². The summed E-state index contributed by atoms with van der Waals surface area (Å²) in [5.41, 5.74) is 0.315. The van der Waals surface area contributed by atoms with Gasteiger partial charge in [-0.1, -0.05) is 20.7 Å². The van der Waals surface area contributed by atoms with Crippen LogP contribution >= 0.6 is 20.7 Å². The first-order valence-electron chi connectivity index (χ1n) is 10.4. The van der Waals surface area contributed by atoms with Crippen molar-refractivity contribution in [1.82, 2.24) is 5.06 Å². The van der Waals surface area contributed by atoms with E-state index in [1.165, 1.54) is 0 Å². The summed E-state index contributed by atoms with van der Waals surface area (Å²) in [7, 11) is 0. The fraction of sp³-hybridized carbons (Fsp3) is 0.458. The number of carbonyl (C=O) groups is 2. The minimum Gasteiger partial charge on any atom is -0.490 e.